The number of rotatable bonds is 11. The Kier molecular flexibility index (Phi) is 9.29. The minimum absolute atomic E-state index is 0.0482. The lowest BCUT2D eigenvalue weighted by atomic mass is 10.1. The summed E-state index contributed by atoms with van der Waals surface area (Å²) < 4.78 is 15.5. The number of hydrogen-bond acceptors (Lipinski definition) is 6. The lowest BCUT2D eigenvalue weighted by Gasteiger charge is -2.07. The van der Waals surface area contributed by atoms with Crippen LogP contribution in [0.4, 0.5) is 0 Å². The van der Waals surface area contributed by atoms with Gasteiger partial charge in [-0.15, -0.1) is 0 Å². The van der Waals surface area contributed by atoms with Crippen LogP contribution in [0.25, 0.3) is 6.08 Å². The van der Waals surface area contributed by atoms with Gasteiger partial charge in [0, 0.05) is 30.7 Å². The molecule has 0 heterocycles. The van der Waals surface area contributed by atoms with Gasteiger partial charge in [0.15, 0.2) is 12.4 Å². The first-order valence-electron chi connectivity index (χ1n) is 9.86. The van der Waals surface area contributed by atoms with E-state index in [-0.39, 0.29) is 18.3 Å². The maximum absolute atomic E-state index is 12.3. The number of methoxy groups -OCH3 is 2. The van der Waals surface area contributed by atoms with Crippen molar-refractivity contribution in [3.8, 4) is 11.5 Å². The standard InChI is InChI=1S/C24H27NO6/c1-17(26)25-14-4-5-18-6-8-19(9-7-18)22(27)16-31-24(28)13-10-20-15-21(29-2)11-12-23(20)30-3/h6-13,15H,4-5,14,16H2,1-3H3,(H,25,26)/b13-10+. The van der Waals surface area contributed by atoms with Crippen LogP contribution < -0.4 is 14.8 Å². The monoisotopic (exact) mass is 425 g/mol. The highest BCUT2D eigenvalue weighted by molar-refractivity contribution is 5.99. The first-order valence-corrected chi connectivity index (χ1v) is 9.86. The molecule has 31 heavy (non-hydrogen) atoms. The molecule has 0 fully saturated rings. The molecule has 0 saturated carbocycles. The molecule has 7 nitrogen and oxygen atoms in total. The molecule has 1 amide bonds. The average Bonchev–Trinajstić information content (AvgIpc) is 2.78. The fourth-order valence-corrected chi connectivity index (χ4v) is 2.81. The number of Topliss-reactive ketones (excluding diaryl/α,β-unsaturated/α-hetero) is 1. The molecule has 0 atom stereocenters. The summed E-state index contributed by atoms with van der Waals surface area (Å²) >= 11 is 0. The first kappa shape index (κ1) is 23.7. The van der Waals surface area contributed by atoms with Gasteiger partial charge in [-0.2, -0.15) is 0 Å². The van der Waals surface area contributed by atoms with Crippen LogP contribution in [-0.4, -0.2) is 45.0 Å². The molecule has 7 heteroatoms. The second kappa shape index (κ2) is 12.2. The molecule has 2 rings (SSSR count). The van der Waals surface area contributed by atoms with Gasteiger partial charge >= 0.3 is 5.97 Å². The van der Waals surface area contributed by atoms with Gasteiger partial charge in [0.05, 0.1) is 14.2 Å². The normalized spacial score (nSPS) is 10.5. The number of amides is 1. The van der Waals surface area contributed by atoms with Crippen LogP contribution in [-0.2, 0) is 20.7 Å². The molecule has 0 bridgehead atoms. The number of benzene rings is 2. The maximum atomic E-state index is 12.3. The molecule has 164 valence electrons. The lowest BCUT2D eigenvalue weighted by Crippen LogP contribution is -2.21. The summed E-state index contributed by atoms with van der Waals surface area (Å²) in [6.45, 7) is 1.75. The molecule has 0 aliphatic carbocycles. The topological polar surface area (TPSA) is 90.9 Å². The van der Waals surface area contributed by atoms with Crippen LogP contribution in [0, 0.1) is 0 Å². The molecular formula is C24H27NO6. The second-order valence-corrected chi connectivity index (χ2v) is 6.76. The number of nitrogens with one attached hydrogen (secondary N) is 1. The van der Waals surface area contributed by atoms with Crippen molar-refractivity contribution in [3.63, 3.8) is 0 Å². The molecule has 0 saturated heterocycles. The molecule has 0 aliphatic rings. The predicted molar refractivity (Wildman–Crippen MR) is 117 cm³/mol. The third-order valence-corrected chi connectivity index (χ3v) is 4.47. The number of carbonyl (C=O) groups excluding carboxylic acids is 3. The van der Waals surface area contributed by atoms with Gasteiger partial charge in [0.25, 0.3) is 0 Å². The van der Waals surface area contributed by atoms with Crippen molar-refractivity contribution in [2.24, 2.45) is 0 Å². The molecule has 2 aromatic rings. The smallest absolute Gasteiger partial charge is 0.331 e. The van der Waals surface area contributed by atoms with Crippen LogP contribution in [0.3, 0.4) is 0 Å². The van der Waals surface area contributed by atoms with E-state index in [2.05, 4.69) is 5.32 Å². The summed E-state index contributed by atoms with van der Waals surface area (Å²) in [5.74, 6) is 0.243. The van der Waals surface area contributed by atoms with Crippen molar-refractivity contribution < 1.29 is 28.6 Å². The number of aryl methyl sites for hydroxylation is 1. The molecular weight excluding hydrogens is 398 g/mol. The third kappa shape index (κ3) is 7.97. The van der Waals surface area contributed by atoms with E-state index in [0.717, 1.165) is 18.4 Å². The van der Waals surface area contributed by atoms with Crippen LogP contribution >= 0.6 is 0 Å². The van der Waals surface area contributed by atoms with E-state index in [1.807, 2.05) is 12.1 Å². The van der Waals surface area contributed by atoms with Gasteiger partial charge in [-0.25, -0.2) is 4.79 Å². The van der Waals surface area contributed by atoms with Crippen molar-refractivity contribution >= 4 is 23.7 Å². The lowest BCUT2D eigenvalue weighted by molar-refractivity contribution is -0.136. The zero-order valence-electron chi connectivity index (χ0n) is 18.0. The quantitative estimate of drug-likeness (QED) is 0.257. The van der Waals surface area contributed by atoms with Crippen LogP contribution in [0.15, 0.2) is 48.5 Å². The van der Waals surface area contributed by atoms with Gasteiger partial charge in [-0.05, 0) is 42.7 Å². The molecule has 0 spiro atoms. The Balaban J connectivity index is 1.84. The predicted octanol–water partition coefficient (Wildman–Crippen LogP) is 3.21. The summed E-state index contributed by atoms with van der Waals surface area (Å²) in [4.78, 5) is 35.1. The zero-order chi connectivity index (χ0) is 22.6. The maximum Gasteiger partial charge on any atom is 0.331 e. The van der Waals surface area contributed by atoms with Gasteiger partial charge in [-0.3, -0.25) is 9.59 Å². The second-order valence-electron chi connectivity index (χ2n) is 6.76. The van der Waals surface area contributed by atoms with Crippen LogP contribution in [0.5, 0.6) is 11.5 Å². The summed E-state index contributed by atoms with van der Waals surface area (Å²) in [6.07, 6.45) is 4.39. The fraction of sp³-hybridized carbons (Fsp3) is 0.292. The molecule has 1 N–H and O–H groups in total. The van der Waals surface area contributed by atoms with Crippen molar-refractivity contribution in [1.82, 2.24) is 5.32 Å². The van der Waals surface area contributed by atoms with Crippen LogP contribution in [0.1, 0.15) is 34.8 Å². The number of ether oxygens (including phenoxy) is 3. The van der Waals surface area contributed by atoms with E-state index in [1.165, 1.54) is 20.1 Å². The largest absolute Gasteiger partial charge is 0.497 e. The van der Waals surface area contributed by atoms with E-state index in [1.54, 1.807) is 43.5 Å². The minimum atomic E-state index is -0.632. The van der Waals surface area contributed by atoms with Gasteiger partial charge in [-0.1, -0.05) is 24.3 Å². The average molecular weight is 425 g/mol. The van der Waals surface area contributed by atoms with Crippen molar-refractivity contribution in [3.05, 3.63) is 65.2 Å². The highest BCUT2D eigenvalue weighted by Gasteiger charge is 2.09. The van der Waals surface area contributed by atoms with E-state index in [9.17, 15) is 14.4 Å². The van der Waals surface area contributed by atoms with E-state index in [0.29, 0.717) is 29.2 Å². The van der Waals surface area contributed by atoms with Gasteiger partial charge < -0.3 is 19.5 Å². The van der Waals surface area contributed by atoms with Crippen molar-refractivity contribution in [2.75, 3.05) is 27.4 Å². The summed E-state index contributed by atoms with van der Waals surface area (Å²) in [5.41, 5.74) is 2.19. The fourth-order valence-electron chi connectivity index (χ4n) is 2.81. The number of esters is 1. The molecule has 0 unspecified atom stereocenters. The Bertz CT molecular complexity index is 934. The van der Waals surface area contributed by atoms with Gasteiger partial charge in [0.2, 0.25) is 5.91 Å². The Morgan fingerprint density at radius 1 is 1.00 bits per heavy atom. The molecule has 2 aromatic carbocycles. The molecule has 0 radical (unpaired) electrons. The number of hydrogen-bond donors (Lipinski definition) is 1. The highest BCUT2D eigenvalue weighted by Crippen LogP contribution is 2.25. The Labute approximate surface area is 182 Å². The van der Waals surface area contributed by atoms with E-state index in [4.69, 9.17) is 14.2 Å². The van der Waals surface area contributed by atoms with Crippen molar-refractivity contribution in [2.45, 2.75) is 19.8 Å². The zero-order valence-corrected chi connectivity index (χ0v) is 18.0. The Hall–Kier alpha value is -3.61. The first-order chi connectivity index (χ1) is 14.9. The summed E-state index contributed by atoms with van der Waals surface area (Å²) in [6, 6.07) is 12.3. The third-order valence-electron chi connectivity index (χ3n) is 4.47. The number of carbonyl (C=O) groups is 3. The number of ketones is 1. The molecule has 0 aliphatic heterocycles. The SMILES string of the molecule is COc1ccc(OC)c(/C=C/C(=O)OCC(=O)c2ccc(CCCNC(C)=O)cc2)c1. The molecule has 0 aromatic heterocycles. The van der Waals surface area contributed by atoms with Crippen LogP contribution in [0.2, 0.25) is 0 Å². The summed E-state index contributed by atoms with van der Waals surface area (Å²) in [5, 5.41) is 2.75. The summed E-state index contributed by atoms with van der Waals surface area (Å²) in [7, 11) is 3.08. The van der Waals surface area contributed by atoms with E-state index < -0.39 is 5.97 Å². The highest BCUT2D eigenvalue weighted by atomic mass is 16.5. The Morgan fingerprint density at radius 2 is 1.74 bits per heavy atom. The van der Waals surface area contributed by atoms with Gasteiger partial charge in [0.1, 0.15) is 11.5 Å². The Morgan fingerprint density at radius 3 is 2.39 bits per heavy atom. The minimum Gasteiger partial charge on any atom is -0.497 e. The van der Waals surface area contributed by atoms with E-state index >= 15 is 0 Å². The van der Waals surface area contributed by atoms with Crippen molar-refractivity contribution in [1.29, 1.82) is 0 Å².